The van der Waals surface area contributed by atoms with Crippen LogP contribution in [0.1, 0.15) is 12.0 Å². The molecule has 2 aromatic carbocycles. The SMILES string of the molecule is N=C(N)NOCCCOc1ccc(C[C@H](NS(=O)(=O)c2ccc(F)cc2)C(=O)OC(=O)C(F)(F)F)cc1. The Kier molecular flexibility index (Phi) is 10.3. The summed E-state index contributed by atoms with van der Waals surface area (Å²) in [7, 11) is -4.52. The van der Waals surface area contributed by atoms with Crippen molar-refractivity contribution in [2.24, 2.45) is 5.73 Å². The number of sulfonamides is 1. The van der Waals surface area contributed by atoms with Gasteiger partial charge in [-0.2, -0.15) is 17.9 Å². The Balaban J connectivity index is 2.10. The smallest absolute Gasteiger partial charge is 0.491 e. The quantitative estimate of drug-likeness (QED) is 0.0582. The van der Waals surface area contributed by atoms with Crippen LogP contribution in [0, 0.1) is 11.2 Å². The number of nitrogens with two attached hydrogens (primary N) is 1. The number of esters is 2. The molecule has 202 valence electrons. The van der Waals surface area contributed by atoms with E-state index in [2.05, 4.69) is 10.2 Å². The minimum Gasteiger partial charge on any atom is -0.494 e. The predicted molar refractivity (Wildman–Crippen MR) is 119 cm³/mol. The normalized spacial score (nSPS) is 12.4. The zero-order valence-electron chi connectivity index (χ0n) is 18.9. The molecule has 0 unspecified atom stereocenters. The topological polar surface area (TPSA) is 170 Å². The maximum atomic E-state index is 13.1. The van der Waals surface area contributed by atoms with Crippen molar-refractivity contribution in [3.8, 4) is 5.75 Å². The molecule has 16 heteroatoms. The number of hydrogen-bond acceptors (Lipinski definition) is 8. The van der Waals surface area contributed by atoms with E-state index >= 15 is 0 Å². The summed E-state index contributed by atoms with van der Waals surface area (Å²) in [4.78, 5) is 27.8. The molecular formula is C21H22F4N4O7S. The first kappa shape index (κ1) is 29.5. The molecule has 2 rings (SSSR count). The summed E-state index contributed by atoms with van der Waals surface area (Å²) < 4.78 is 87.2. The first-order valence-corrected chi connectivity index (χ1v) is 11.8. The van der Waals surface area contributed by atoms with Gasteiger partial charge in [0.25, 0.3) is 0 Å². The molecule has 5 N–H and O–H groups in total. The highest BCUT2D eigenvalue weighted by Crippen LogP contribution is 2.19. The van der Waals surface area contributed by atoms with E-state index in [-0.39, 0.29) is 24.7 Å². The number of rotatable bonds is 12. The first-order chi connectivity index (χ1) is 17.3. The van der Waals surface area contributed by atoms with Gasteiger partial charge in [-0.25, -0.2) is 27.9 Å². The maximum absolute atomic E-state index is 13.1. The van der Waals surface area contributed by atoms with Gasteiger partial charge in [-0.1, -0.05) is 12.1 Å². The Labute approximate surface area is 208 Å². The number of guanidine groups is 1. The molecule has 1 atom stereocenters. The molecule has 0 aliphatic heterocycles. The van der Waals surface area contributed by atoms with Crippen molar-refractivity contribution >= 4 is 27.9 Å². The molecule has 0 amide bonds. The second-order valence-corrected chi connectivity index (χ2v) is 8.96. The Hall–Kier alpha value is -3.76. The van der Waals surface area contributed by atoms with E-state index < -0.39 is 51.3 Å². The third kappa shape index (κ3) is 10.0. The van der Waals surface area contributed by atoms with Gasteiger partial charge in [0.15, 0.2) is 0 Å². The fraction of sp³-hybridized carbons (Fsp3) is 0.286. The molecule has 0 aromatic heterocycles. The van der Waals surface area contributed by atoms with Gasteiger partial charge in [-0.15, -0.1) is 0 Å². The van der Waals surface area contributed by atoms with Crippen LogP contribution < -0.4 is 20.7 Å². The van der Waals surface area contributed by atoms with Gasteiger partial charge >= 0.3 is 18.1 Å². The molecule has 0 aliphatic rings. The Morgan fingerprint density at radius 3 is 2.22 bits per heavy atom. The summed E-state index contributed by atoms with van der Waals surface area (Å²) >= 11 is 0. The summed E-state index contributed by atoms with van der Waals surface area (Å²) in [5.74, 6) is -5.32. The lowest BCUT2D eigenvalue weighted by atomic mass is 10.1. The van der Waals surface area contributed by atoms with Crippen LogP contribution in [0.2, 0.25) is 0 Å². The van der Waals surface area contributed by atoms with Crippen molar-refractivity contribution in [2.45, 2.75) is 30.0 Å². The molecule has 11 nitrogen and oxygen atoms in total. The number of nitrogens with one attached hydrogen (secondary N) is 3. The van der Waals surface area contributed by atoms with E-state index in [1.54, 1.807) is 0 Å². The molecule has 0 heterocycles. The van der Waals surface area contributed by atoms with E-state index in [1.807, 2.05) is 4.72 Å². The van der Waals surface area contributed by atoms with Crippen LogP contribution in [0.5, 0.6) is 5.75 Å². The fourth-order valence-electron chi connectivity index (χ4n) is 2.67. The Bertz CT molecular complexity index is 1190. The van der Waals surface area contributed by atoms with Crippen molar-refractivity contribution in [3.63, 3.8) is 0 Å². The van der Waals surface area contributed by atoms with Crippen LogP contribution in [0.4, 0.5) is 17.6 Å². The highest BCUT2D eigenvalue weighted by atomic mass is 32.2. The van der Waals surface area contributed by atoms with Gasteiger partial charge in [0.2, 0.25) is 16.0 Å². The monoisotopic (exact) mass is 550 g/mol. The van der Waals surface area contributed by atoms with Crippen LogP contribution in [-0.2, 0) is 35.6 Å². The molecule has 0 fully saturated rings. The largest absolute Gasteiger partial charge is 0.494 e. The molecule has 0 spiro atoms. The molecule has 0 bridgehead atoms. The number of halogens is 4. The average Bonchev–Trinajstić information content (AvgIpc) is 2.81. The van der Waals surface area contributed by atoms with Crippen LogP contribution in [0.15, 0.2) is 53.4 Å². The molecular weight excluding hydrogens is 528 g/mol. The minimum atomic E-state index is -5.48. The molecule has 0 aliphatic carbocycles. The van der Waals surface area contributed by atoms with E-state index in [0.717, 1.165) is 24.3 Å². The number of carbonyl (C=O) groups excluding carboxylic acids is 2. The van der Waals surface area contributed by atoms with E-state index in [0.29, 0.717) is 12.2 Å². The molecule has 37 heavy (non-hydrogen) atoms. The van der Waals surface area contributed by atoms with Gasteiger partial charge in [0.05, 0.1) is 18.1 Å². The summed E-state index contributed by atoms with van der Waals surface area (Å²) in [6, 6.07) is 7.26. The number of benzene rings is 2. The molecule has 2 aromatic rings. The predicted octanol–water partition coefficient (Wildman–Crippen LogP) is 1.53. The summed E-state index contributed by atoms with van der Waals surface area (Å²) in [6.45, 7) is 0.400. The van der Waals surface area contributed by atoms with E-state index in [1.165, 1.54) is 24.3 Å². The van der Waals surface area contributed by atoms with Gasteiger partial charge in [0.1, 0.15) is 17.6 Å². The van der Waals surface area contributed by atoms with Crippen LogP contribution >= 0.6 is 0 Å². The standard InChI is InChI=1S/C21H22F4N4O7S/c22-14-4-8-16(9-5-14)37(32,33)29-17(18(30)36-19(31)21(23,24)25)12-13-2-6-15(7-3-13)34-10-1-11-35-28-20(26)27/h2-9,17,29H,1,10-12H2,(H4,26,27,28)/t17-/m0/s1. The third-order valence-electron chi connectivity index (χ3n) is 4.34. The van der Waals surface area contributed by atoms with Crippen molar-refractivity contribution in [1.29, 1.82) is 5.41 Å². The second kappa shape index (κ2) is 13.0. The number of alkyl halides is 3. The number of carbonyl (C=O) groups is 2. The van der Waals surface area contributed by atoms with E-state index in [9.17, 15) is 35.6 Å². The number of hydrogen-bond donors (Lipinski definition) is 4. The highest BCUT2D eigenvalue weighted by Gasteiger charge is 2.43. The minimum absolute atomic E-state index is 0.187. The average molecular weight is 550 g/mol. The van der Waals surface area contributed by atoms with Crippen LogP contribution in [0.3, 0.4) is 0 Å². The van der Waals surface area contributed by atoms with Crippen LogP contribution in [0.25, 0.3) is 0 Å². The van der Waals surface area contributed by atoms with Crippen molar-refractivity contribution in [1.82, 2.24) is 10.2 Å². The summed E-state index contributed by atoms with van der Waals surface area (Å²) in [6.07, 6.45) is -5.55. The molecule has 0 saturated carbocycles. The van der Waals surface area contributed by atoms with Crippen molar-refractivity contribution in [3.05, 3.63) is 59.9 Å². The molecule has 0 radical (unpaired) electrons. The zero-order chi connectivity index (χ0) is 27.6. The van der Waals surface area contributed by atoms with Crippen LogP contribution in [-0.4, -0.2) is 51.7 Å². The molecule has 0 saturated heterocycles. The maximum Gasteiger partial charge on any atom is 0.491 e. The zero-order valence-corrected chi connectivity index (χ0v) is 19.7. The van der Waals surface area contributed by atoms with Crippen molar-refractivity contribution in [2.75, 3.05) is 13.2 Å². The van der Waals surface area contributed by atoms with Crippen molar-refractivity contribution < 1.29 is 49.9 Å². The Morgan fingerprint density at radius 2 is 1.65 bits per heavy atom. The van der Waals surface area contributed by atoms with E-state index in [4.69, 9.17) is 20.7 Å². The third-order valence-corrected chi connectivity index (χ3v) is 5.82. The first-order valence-electron chi connectivity index (χ1n) is 10.3. The Morgan fingerprint density at radius 1 is 1.03 bits per heavy atom. The van der Waals surface area contributed by atoms with Gasteiger partial charge < -0.3 is 15.2 Å². The highest BCUT2D eigenvalue weighted by molar-refractivity contribution is 7.89. The number of hydroxylamine groups is 1. The lowest BCUT2D eigenvalue weighted by molar-refractivity contribution is -0.202. The lowest BCUT2D eigenvalue weighted by Gasteiger charge is -2.18. The number of ether oxygens (including phenoxy) is 2. The second-order valence-electron chi connectivity index (χ2n) is 7.25. The summed E-state index contributed by atoms with van der Waals surface area (Å²) in [5, 5.41) is 6.93. The summed E-state index contributed by atoms with van der Waals surface area (Å²) in [5.41, 5.74) is 7.47. The van der Waals surface area contributed by atoms with Gasteiger partial charge in [0, 0.05) is 6.42 Å². The lowest BCUT2D eigenvalue weighted by Crippen LogP contribution is -2.45. The van der Waals surface area contributed by atoms with Gasteiger partial charge in [-0.3, -0.25) is 10.2 Å². The fourth-order valence-corrected chi connectivity index (χ4v) is 3.85. The van der Waals surface area contributed by atoms with Gasteiger partial charge in [-0.05, 0) is 48.4 Å².